The van der Waals surface area contributed by atoms with Gasteiger partial charge in [0.2, 0.25) is 0 Å². The van der Waals surface area contributed by atoms with Crippen LogP contribution >= 0.6 is 0 Å². The Morgan fingerprint density at radius 3 is 2.83 bits per heavy atom. The minimum Gasteiger partial charge on any atom is -0.394 e. The van der Waals surface area contributed by atoms with Crippen molar-refractivity contribution in [2.75, 3.05) is 18.1 Å². The monoisotopic (exact) mass is 271 g/mol. The van der Waals surface area contributed by atoms with Crippen molar-refractivity contribution in [3.63, 3.8) is 0 Å². The molecule has 1 N–H and O–H groups in total. The van der Waals surface area contributed by atoms with Crippen LogP contribution in [0, 0.1) is 0 Å². The molecule has 2 aliphatic rings. The Balaban J connectivity index is 1.97. The number of nitrogens with zero attached hydrogens (tertiary/aromatic N) is 3. The molecule has 0 radical (unpaired) electrons. The lowest BCUT2D eigenvalue weighted by molar-refractivity contribution is 0.202. The van der Waals surface area contributed by atoms with Crippen molar-refractivity contribution in [2.24, 2.45) is 0 Å². The van der Waals surface area contributed by atoms with E-state index in [0.29, 0.717) is 6.42 Å². The van der Waals surface area contributed by atoms with Crippen molar-refractivity contribution in [1.82, 2.24) is 14.8 Å². The van der Waals surface area contributed by atoms with Crippen LogP contribution in [0.15, 0.2) is 0 Å². The second-order valence-electron chi connectivity index (χ2n) is 5.17. The van der Waals surface area contributed by atoms with Crippen molar-refractivity contribution in [3.8, 4) is 0 Å². The van der Waals surface area contributed by atoms with Crippen LogP contribution in [0.4, 0.5) is 0 Å². The van der Waals surface area contributed by atoms with E-state index in [4.69, 9.17) is 0 Å². The molecule has 2 aliphatic heterocycles. The third-order valence-corrected chi connectivity index (χ3v) is 5.67. The molecule has 0 saturated carbocycles. The highest BCUT2D eigenvalue weighted by atomic mass is 32.2. The zero-order chi connectivity index (χ0) is 12.8. The number of fused-ring (bicyclic) bond motifs is 1. The van der Waals surface area contributed by atoms with Gasteiger partial charge in [-0.2, -0.15) is 0 Å². The zero-order valence-electron chi connectivity index (χ0n) is 10.1. The number of sulfone groups is 1. The molecule has 7 heteroatoms. The molecule has 3 heterocycles. The molecule has 0 bridgehead atoms. The molecule has 100 valence electrons. The maximum atomic E-state index is 11.5. The predicted molar refractivity (Wildman–Crippen MR) is 65.1 cm³/mol. The van der Waals surface area contributed by atoms with Gasteiger partial charge in [-0.3, -0.25) is 0 Å². The minimum absolute atomic E-state index is 0.0158. The summed E-state index contributed by atoms with van der Waals surface area (Å²) in [5.74, 6) is 2.00. The molecule has 0 aliphatic carbocycles. The first-order chi connectivity index (χ1) is 8.61. The van der Waals surface area contributed by atoms with E-state index in [1.165, 1.54) is 0 Å². The number of aliphatic hydroxyl groups excluding tert-OH is 1. The van der Waals surface area contributed by atoms with Crippen molar-refractivity contribution in [1.29, 1.82) is 0 Å². The number of hydrogen-bond acceptors (Lipinski definition) is 5. The average molecular weight is 271 g/mol. The maximum absolute atomic E-state index is 11.5. The normalized spacial score (nSPS) is 30.3. The first-order valence-corrected chi connectivity index (χ1v) is 8.18. The van der Waals surface area contributed by atoms with E-state index >= 15 is 0 Å². The van der Waals surface area contributed by atoms with Gasteiger partial charge >= 0.3 is 0 Å². The molecule has 1 aromatic rings. The molecule has 3 rings (SSSR count). The van der Waals surface area contributed by atoms with Gasteiger partial charge in [-0.05, 0) is 19.3 Å². The van der Waals surface area contributed by atoms with Crippen LogP contribution in [0.25, 0.3) is 0 Å². The van der Waals surface area contributed by atoms with Crippen molar-refractivity contribution >= 4 is 9.84 Å². The molecular formula is C11H17N3O3S. The molecule has 2 atom stereocenters. The largest absolute Gasteiger partial charge is 0.394 e. The smallest absolute Gasteiger partial charge is 0.151 e. The molecule has 1 saturated heterocycles. The quantitative estimate of drug-likeness (QED) is 0.821. The Bertz CT molecular complexity index is 552. The highest BCUT2D eigenvalue weighted by Crippen LogP contribution is 2.33. The molecule has 18 heavy (non-hydrogen) atoms. The number of aromatic nitrogens is 3. The van der Waals surface area contributed by atoms with Gasteiger partial charge < -0.3 is 9.67 Å². The van der Waals surface area contributed by atoms with Crippen LogP contribution in [0.3, 0.4) is 0 Å². The van der Waals surface area contributed by atoms with E-state index in [-0.39, 0.29) is 30.1 Å². The van der Waals surface area contributed by atoms with Crippen LogP contribution in [0.5, 0.6) is 0 Å². The van der Waals surface area contributed by atoms with Gasteiger partial charge in [0.1, 0.15) is 11.6 Å². The van der Waals surface area contributed by atoms with Gasteiger partial charge in [-0.1, -0.05) is 0 Å². The number of aryl methyl sites for hydroxylation is 1. The number of hydrogen-bond donors (Lipinski definition) is 1. The summed E-state index contributed by atoms with van der Waals surface area (Å²) < 4.78 is 25.1. The van der Waals surface area contributed by atoms with Crippen molar-refractivity contribution < 1.29 is 13.5 Å². The topological polar surface area (TPSA) is 85.1 Å². The Kier molecular flexibility index (Phi) is 2.90. The van der Waals surface area contributed by atoms with Crippen molar-refractivity contribution in [2.45, 2.75) is 37.6 Å². The van der Waals surface area contributed by atoms with E-state index in [1.54, 1.807) is 0 Å². The molecule has 0 spiro atoms. The lowest BCUT2D eigenvalue weighted by Gasteiger charge is -2.25. The van der Waals surface area contributed by atoms with E-state index in [2.05, 4.69) is 10.2 Å². The molecular weight excluding hydrogens is 254 g/mol. The van der Waals surface area contributed by atoms with Crippen LogP contribution in [0.2, 0.25) is 0 Å². The van der Waals surface area contributed by atoms with E-state index in [1.807, 2.05) is 4.57 Å². The summed E-state index contributed by atoms with van der Waals surface area (Å²) in [6.07, 6.45) is 3.40. The van der Waals surface area contributed by atoms with Gasteiger partial charge in [0.15, 0.2) is 9.84 Å². The summed E-state index contributed by atoms with van der Waals surface area (Å²) in [5.41, 5.74) is 0. The van der Waals surface area contributed by atoms with Gasteiger partial charge in [-0.15, -0.1) is 10.2 Å². The van der Waals surface area contributed by atoms with Gasteiger partial charge in [-0.25, -0.2) is 8.42 Å². The van der Waals surface area contributed by atoms with E-state index in [9.17, 15) is 13.5 Å². The first-order valence-electron chi connectivity index (χ1n) is 6.35. The Morgan fingerprint density at radius 1 is 1.33 bits per heavy atom. The second-order valence-corrected chi connectivity index (χ2v) is 7.40. The third-order valence-electron chi connectivity index (χ3n) is 3.90. The summed E-state index contributed by atoms with van der Waals surface area (Å²) in [4.78, 5) is 0. The first kappa shape index (κ1) is 12.1. The third kappa shape index (κ3) is 1.95. The molecule has 0 aromatic carbocycles. The van der Waals surface area contributed by atoms with Gasteiger partial charge in [0, 0.05) is 12.3 Å². The van der Waals surface area contributed by atoms with Crippen molar-refractivity contribution in [3.05, 3.63) is 11.6 Å². The molecule has 1 fully saturated rings. The maximum Gasteiger partial charge on any atom is 0.151 e. The van der Waals surface area contributed by atoms with E-state index in [0.717, 1.165) is 30.9 Å². The SMILES string of the molecule is O=S1(=O)CCC(c2nnc3n2C(CO)CCC3)C1. The molecule has 2 unspecified atom stereocenters. The van der Waals surface area contributed by atoms with E-state index < -0.39 is 9.84 Å². The fraction of sp³-hybridized carbons (Fsp3) is 0.818. The summed E-state index contributed by atoms with van der Waals surface area (Å²) in [6.45, 7) is 0.0670. The summed E-state index contributed by atoms with van der Waals surface area (Å²) in [7, 11) is -2.92. The fourth-order valence-corrected chi connectivity index (χ4v) is 4.72. The van der Waals surface area contributed by atoms with Crippen LogP contribution in [0.1, 0.15) is 42.9 Å². The summed E-state index contributed by atoms with van der Waals surface area (Å²) in [5, 5.41) is 17.8. The van der Waals surface area contributed by atoms with Gasteiger partial charge in [0.25, 0.3) is 0 Å². The Labute approximate surface area is 106 Å². The minimum atomic E-state index is -2.92. The Morgan fingerprint density at radius 2 is 2.17 bits per heavy atom. The fourth-order valence-electron chi connectivity index (χ4n) is 2.98. The number of rotatable bonds is 2. The predicted octanol–water partition coefficient (Wildman–Crippen LogP) is 0.0499. The van der Waals surface area contributed by atoms with Gasteiger partial charge in [0.05, 0.1) is 24.2 Å². The number of aliphatic hydroxyl groups is 1. The highest BCUT2D eigenvalue weighted by Gasteiger charge is 2.35. The molecule has 1 aromatic heterocycles. The standard InChI is InChI=1S/C11H17N3O3S/c15-6-9-2-1-3-10-12-13-11(14(9)10)8-4-5-18(16,17)7-8/h8-9,15H,1-7H2. The van der Waals surface area contributed by atoms with Crippen LogP contribution in [-0.2, 0) is 16.3 Å². The lowest BCUT2D eigenvalue weighted by Crippen LogP contribution is -2.24. The average Bonchev–Trinajstić information content (AvgIpc) is 2.91. The lowest BCUT2D eigenvalue weighted by atomic mass is 10.0. The van der Waals surface area contributed by atoms with Crippen LogP contribution in [-0.4, -0.2) is 46.4 Å². The Hall–Kier alpha value is -0.950. The summed E-state index contributed by atoms with van der Waals surface area (Å²) >= 11 is 0. The second kappa shape index (κ2) is 4.31. The van der Waals surface area contributed by atoms with Crippen LogP contribution < -0.4 is 0 Å². The zero-order valence-corrected chi connectivity index (χ0v) is 10.9. The highest BCUT2D eigenvalue weighted by molar-refractivity contribution is 7.91. The molecule has 6 nitrogen and oxygen atoms in total. The molecule has 0 amide bonds. The summed E-state index contributed by atoms with van der Waals surface area (Å²) in [6, 6.07) is 0.0158.